The molecule has 1 aliphatic carbocycles. The van der Waals surface area contributed by atoms with Gasteiger partial charge in [-0.1, -0.05) is 42.6 Å². The van der Waals surface area contributed by atoms with E-state index in [4.69, 9.17) is 16.3 Å². The number of hydrogen-bond acceptors (Lipinski definition) is 5. The molecular formula is C29H35ClN4O4. The summed E-state index contributed by atoms with van der Waals surface area (Å²) in [5.41, 5.74) is 1.14. The van der Waals surface area contributed by atoms with Gasteiger partial charge in [0.15, 0.2) is 0 Å². The number of amides is 3. The fraction of sp³-hybridized carbons (Fsp3) is 0.517. The summed E-state index contributed by atoms with van der Waals surface area (Å²) in [7, 11) is 1.50. The van der Waals surface area contributed by atoms with Crippen LogP contribution in [0.5, 0.6) is 5.88 Å². The molecule has 0 unspecified atom stereocenters. The predicted molar refractivity (Wildman–Crippen MR) is 144 cm³/mol. The van der Waals surface area contributed by atoms with Crippen molar-refractivity contribution in [2.45, 2.75) is 51.0 Å². The van der Waals surface area contributed by atoms with Crippen LogP contribution in [0, 0.1) is 11.3 Å². The first-order valence-electron chi connectivity index (χ1n) is 13.5. The minimum absolute atomic E-state index is 0.0392. The van der Waals surface area contributed by atoms with E-state index in [1.54, 1.807) is 24.3 Å². The first-order chi connectivity index (χ1) is 18.4. The lowest BCUT2D eigenvalue weighted by Crippen LogP contribution is -2.50. The van der Waals surface area contributed by atoms with Gasteiger partial charge in [-0.05, 0) is 55.7 Å². The molecule has 3 fully saturated rings. The Labute approximate surface area is 228 Å². The topological polar surface area (TPSA) is 91.8 Å². The van der Waals surface area contributed by atoms with E-state index in [-0.39, 0.29) is 40.2 Å². The van der Waals surface area contributed by atoms with Crippen molar-refractivity contribution in [3.8, 4) is 5.88 Å². The number of pyridine rings is 1. The van der Waals surface area contributed by atoms with Crippen molar-refractivity contribution >= 4 is 29.3 Å². The molecule has 1 aromatic carbocycles. The Morgan fingerprint density at radius 3 is 2.37 bits per heavy atom. The maximum absolute atomic E-state index is 13.7. The molecule has 1 saturated carbocycles. The number of rotatable bonds is 5. The first kappa shape index (κ1) is 26.5. The number of ether oxygens (including phenoxy) is 1. The second-order valence-electron chi connectivity index (χ2n) is 10.9. The number of nitrogens with zero attached hydrogens (tertiary/aromatic N) is 3. The van der Waals surface area contributed by atoms with E-state index in [9.17, 15) is 14.4 Å². The third kappa shape index (κ3) is 5.65. The Morgan fingerprint density at radius 1 is 0.974 bits per heavy atom. The quantitative estimate of drug-likeness (QED) is 0.576. The van der Waals surface area contributed by atoms with Crippen LogP contribution in [0.15, 0.2) is 42.5 Å². The molecule has 2 aliphatic heterocycles. The molecule has 2 saturated heterocycles. The average Bonchev–Trinajstić information content (AvgIpc) is 3.36. The zero-order chi connectivity index (χ0) is 26.7. The molecule has 1 spiro atoms. The van der Waals surface area contributed by atoms with Crippen LogP contribution in [0.25, 0.3) is 0 Å². The fourth-order valence-electron chi connectivity index (χ4n) is 6.27. The summed E-state index contributed by atoms with van der Waals surface area (Å²) < 4.78 is 5.16. The van der Waals surface area contributed by atoms with Gasteiger partial charge in [-0.15, -0.1) is 0 Å². The van der Waals surface area contributed by atoms with Gasteiger partial charge in [-0.2, -0.15) is 0 Å². The summed E-state index contributed by atoms with van der Waals surface area (Å²) in [5, 5.41) is 3.38. The van der Waals surface area contributed by atoms with Gasteiger partial charge in [-0.25, -0.2) is 4.98 Å². The number of carbonyl (C=O) groups is 3. The zero-order valence-electron chi connectivity index (χ0n) is 21.8. The van der Waals surface area contributed by atoms with Crippen LogP contribution in [0.2, 0.25) is 5.15 Å². The fourth-order valence-corrected chi connectivity index (χ4v) is 6.47. The van der Waals surface area contributed by atoms with Crippen molar-refractivity contribution in [2.24, 2.45) is 11.3 Å². The van der Waals surface area contributed by atoms with E-state index in [0.29, 0.717) is 30.1 Å². The Bertz CT molecular complexity index is 1180. The lowest BCUT2D eigenvalue weighted by molar-refractivity contribution is -0.136. The molecule has 3 heterocycles. The van der Waals surface area contributed by atoms with Gasteiger partial charge in [0.25, 0.3) is 11.8 Å². The van der Waals surface area contributed by atoms with Crippen molar-refractivity contribution in [3.05, 3.63) is 58.7 Å². The largest absolute Gasteiger partial charge is 0.481 e. The Hall–Kier alpha value is -3.13. The van der Waals surface area contributed by atoms with Crippen LogP contribution in [0.3, 0.4) is 0 Å². The van der Waals surface area contributed by atoms with Crippen molar-refractivity contribution in [1.82, 2.24) is 20.1 Å². The second kappa shape index (κ2) is 11.3. The van der Waals surface area contributed by atoms with Gasteiger partial charge in [0.2, 0.25) is 11.8 Å². The van der Waals surface area contributed by atoms with Crippen molar-refractivity contribution < 1.29 is 19.1 Å². The molecule has 3 amide bonds. The minimum Gasteiger partial charge on any atom is -0.481 e. The van der Waals surface area contributed by atoms with Crippen LogP contribution in [-0.2, 0) is 4.79 Å². The number of methoxy groups -OCH3 is 1. The highest BCUT2D eigenvalue weighted by Gasteiger charge is 2.45. The van der Waals surface area contributed by atoms with Crippen LogP contribution in [0.1, 0.15) is 65.7 Å². The molecule has 202 valence electrons. The second-order valence-corrected chi connectivity index (χ2v) is 11.2. The molecular weight excluding hydrogens is 504 g/mol. The summed E-state index contributed by atoms with van der Waals surface area (Å²) in [6.45, 7) is 2.74. The monoisotopic (exact) mass is 538 g/mol. The highest BCUT2D eigenvalue weighted by atomic mass is 35.5. The molecule has 8 nitrogen and oxygen atoms in total. The van der Waals surface area contributed by atoms with Gasteiger partial charge in [-0.3, -0.25) is 14.4 Å². The third-order valence-corrected chi connectivity index (χ3v) is 8.72. The molecule has 2 atom stereocenters. The summed E-state index contributed by atoms with van der Waals surface area (Å²) in [4.78, 5) is 47.5. The summed E-state index contributed by atoms with van der Waals surface area (Å²) in [6.07, 6.45) is 6.33. The molecule has 3 aliphatic rings. The van der Waals surface area contributed by atoms with E-state index >= 15 is 0 Å². The minimum atomic E-state index is -0.181. The highest BCUT2D eigenvalue weighted by molar-refractivity contribution is 6.29. The average molecular weight is 539 g/mol. The number of aromatic nitrogens is 1. The van der Waals surface area contributed by atoms with E-state index in [1.165, 1.54) is 7.11 Å². The highest BCUT2D eigenvalue weighted by Crippen LogP contribution is 2.42. The standard InChI is InChI=1S/C29H35ClN4O4/c1-38-25-18-21(17-24(30)32-25)27(36)33-14-11-29(12-15-33)13-16-34(19-29)28(37)22-9-5-6-10-23(22)31-26(35)20-7-3-2-4-8-20/h2-4,7-8,17-18,22-23H,5-6,9-16,19H2,1H3,(H,31,35)/t22-,23+/m0/s1. The maximum Gasteiger partial charge on any atom is 0.254 e. The van der Waals surface area contributed by atoms with E-state index in [0.717, 1.165) is 58.0 Å². The number of carbonyl (C=O) groups excluding carboxylic acids is 3. The number of benzene rings is 1. The number of piperidine rings is 1. The Balaban J connectivity index is 1.19. The van der Waals surface area contributed by atoms with Crippen LogP contribution in [0.4, 0.5) is 0 Å². The van der Waals surface area contributed by atoms with E-state index in [2.05, 4.69) is 10.3 Å². The van der Waals surface area contributed by atoms with E-state index < -0.39 is 0 Å². The van der Waals surface area contributed by atoms with Crippen molar-refractivity contribution in [2.75, 3.05) is 33.3 Å². The number of nitrogens with one attached hydrogen (secondary N) is 1. The molecule has 2 aromatic rings. The number of halogens is 1. The van der Waals surface area contributed by atoms with Crippen LogP contribution in [-0.4, -0.2) is 71.8 Å². The predicted octanol–water partition coefficient (Wildman–Crippen LogP) is 4.19. The summed E-state index contributed by atoms with van der Waals surface area (Å²) in [6, 6.07) is 12.2. The molecule has 38 heavy (non-hydrogen) atoms. The maximum atomic E-state index is 13.7. The lowest BCUT2D eigenvalue weighted by Gasteiger charge is -2.40. The van der Waals surface area contributed by atoms with Gasteiger partial charge in [0.1, 0.15) is 5.15 Å². The molecule has 1 aromatic heterocycles. The Morgan fingerprint density at radius 2 is 1.66 bits per heavy atom. The molecule has 9 heteroatoms. The van der Waals surface area contributed by atoms with Gasteiger partial charge < -0.3 is 19.9 Å². The number of hydrogen-bond donors (Lipinski definition) is 1. The van der Waals surface area contributed by atoms with Crippen LogP contribution >= 0.6 is 11.6 Å². The van der Waals surface area contributed by atoms with Crippen molar-refractivity contribution in [1.29, 1.82) is 0 Å². The molecule has 1 N–H and O–H groups in total. The molecule has 5 rings (SSSR count). The summed E-state index contributed by atoms with van der Waals surface area (Å²) in [5.74, 6) is 0.114. The van der Waals surface area contributed by atoms with Crippen LogP contribution < -0.4 is 10.1 Å². The number of likely N-dealkylation sites (tertiary alicyclic amines) is 2. The third-order valence-electron chi connectivity index (χ3n) is 8.52. The lowest BCUT2D eigenvalue weighted by atomic mass is 9.77. The van der Waals surface area contributed by atoms with E-state index in [1.807, 2.05) is 28.0 Å². The molecule has 0 radical (unpaired) electrons. The molecule has 0 bridgehead atoms. The zero-order valence-corrected chi connectivity index (χ0v) is 22.6. The normalized spacial score (nSPS) is 22.8. The first-order valence-corrected chi connectivity index (χ1v) is 13.9. The smallest absolute Gasteiger partial charge is 0.254 e. The van der Waals surface area contributed by atoms with Crippen molar-refractivity contribution in [3.63, 3.8) is 0 Å². The van der Waals surface area contributed by atoms with Gasteiger partial charge in [0.05, 0.1) is 13.0 Å². The Kier molecular flexibility index (Phi) is 7.88. The summed E-state index contributed by atoms with van der Waals surface area (Å²) >= 11 is 6.07. The SMILES string of the molecule is COc1cc(C(=O)N2CCC3(CC2)CCN(C(=O)[C@H]2CCCC[C@H]2NC(=O)c2ccccc2)C3)cc(Cl)n1. The van der Waals surface area contributed by atoms with Gasteiger partial charge in [0, 0.05) is 49.4 Å². The van der Waals surface area contributed by atoms with Gasteiger partial charge >= 0.3 is 0 Å².